The van der Waals surface area contributed by atoms with Crippen LogP contribution in [0, 0.1) is 12.8 Å². The van der Waals surface area contributed by atoms with E-state index >= 15 is 0 Å². The van der Waals surface area contributed by atoms with Gasteiger partial charge >= 0.3 is 5.97 Å². The second-order valence-electron chi connectivity index (χ2n) is 5.01. The minimum atomic E-state index is -0.844. The summed E-state index contributed by atoms with van der Waals surface area (Å²) in [5.74, 6) is -0.223. The number of carbonyl (C=O) groups is 1. The molecule has 0 radical (unpaired) electrons. The number of hydrogen-bond acceptors (Lipinski definition) is 3. The fraction of sp³-hybridized carbons (Fsp3) is 0.500. The molecule has 0 aliphatic heterocycles. The Morgan fingerprint density at radius 1 is 1.58 bits per heavy atom. The maximum atomic E-state index is 11.0. The van der Waals surface area contributed by atoms with E-state index in [1.54, 1.807) is 6.07 Å². The molecule has 0 amide bonds. The van der Waals surface area contributed by atoms with E-state index in [4.69, 9.17) is 9.84 Å². The van der Waals surface area contributed by atoms with Gasteiger partial charge in [0, 0.05) is 16.0 Å². The molecule has 2 rings (SSSR count). The standard InChI is InChI=1S/C14H17BrO4/c1-7-5-10(19-2)14(18)12(13(7)15)9(6-11(16)17)8-3-4-8/h5,8-9,18H,3-4,6H2,1-2H3,(H,16,17). The molecule has 19 heavy (non-hydrogen) atoms. The molecule has 1 atom stereocenters. The number of aryl methyl sites for hydroxylation is 1. The average molecular weight is 329 g/mol. The Labute approximate surface area is 120 Å². The maximum absolute atomic E-state index is 11.0. The molecule has 0 saturated heterocycles. The molecule has 0 bridgehead atoms. The molecule has 1 fully saturated rings. The molecule has 1 aliphatic carbocycles. The van der Waals surface area contributed by atoms with Gasteiger partial charge in [-0.25, -0.2) is 0 Å². The minimum Gasteiger partial charge on any atom is -0.504 e. The summed E-state index contributed by atoms with van der Waals surface area (Å²) in [5.41, 5.74) is 1.60. The normalized spacial score (nSPS) is 16.2. The van der Waals surface area contributed by atoms with Gasteiger partial charge in [-0.3, -0.25) is 4.79 Å². The number of benzene rings is 1. The van der Waals surface area contributed by atoms with Gasteiger partial charge in [-0.2, -0.15) is 0 Å². The van der Waals surface area contributed by atoms with Crippen molar-refractivity contribution in [3.8, 4) is 11.5 Å². The molecule has 0 heterocycles. The van der Waals surface area contributed by atoms with E-state index in [0.29, 0.717) is 17.2 Å². The highest BCUT2D eigenvalue weighted by atomic mass is 79.9. The zero-order valence-corrected chi connectivity index (χ0v) is 12.5. The van der Waals surface area contributed by atoms with Crippen LogP contribution in [0.5, 0.6) is 11.5 Å². The second-order valence-corrected chi connectivity index (χ2v) is 5.81. The Hall–Kier alpha value is -1.23. The first-order valence-corrected chi connectivity index (χ1v) is 7.02. The quantitative estimate of drug-likeness (QED) is 0.868. The topological polar surface area (TPSA) is 66.8 Å². The first-order valence-electron chi connectivity index (χ1n) is 6.23. The highest BCUT2D eigenvalue weighted by Crippen LogP contribution is 2.51. The number of phenolic OH excluding ortho intramolecular Hbond substituents is 1. The Bertz CT molecular complexity index is 509. The summed E-state index contributed by atoms with van der Waals surface area (Å²) >= 11 is 3.47. The van der Waals surface area contributed by atoms with Gasteiger partial charge in [-0.1, -0.05) is 15.9 Å². The van der Waals surface area contributed by atoms with Crippen LogP contribution in [0.25, 0.3) is 0 Å². The van der Waals surface area contributed by atoms with Gasteiger partial charge in [-0.05, 0) is 37.3 Å². The van der Waals surface area contributed by atoms with Crippen LogP contribution in [-0.4, -0.2) is 23.3 Å². The van der Waals surface area contributed by atoms with E-state index in [1.807, 2.05) is 6.92 Å². The molecule has 1 aliphatic rings. The number of halogens is 1. The third-order valence-corrected chi connectivity index (χ3v) is 4.65. The van der Waals surface area contributed by atoms with Crippen LogP contribution in [0.15, 0.2) is 10.5 Å². The van der Waals surface area contributed by atoms with E-state index in [-0.39, 0.29) is 18.1 Å². The zero-order valence-electron chi connectivity index (χ0n) is 10.9. The van der Waals surface area contributed by atoms with Crippen LogP contribution in [-0.2, 0) is 4.79 Å². The third-order valence-electron chi connectivity index (χ3n) is 3.60. The molecule has 2 N–H and O–H groups in total. The zero-order chi connectivity index (χ0) is 14.2. The van der Waals surface area contributed by atoms with Crippen molar-refractivity contribution in [2.24, 2.45) is 5.92 Å². The fourth-order valence-corrected chi connectivity index (χ4v) is 3.06. The summed E-state index contributed by atoms with van der Waals surface area (Å²) in [5, 5.41) is 19.4. The van der Waals surface area contributed by atoms with Crippen LogP contribution in [0.3, 0.4) is 0 Å². The largest absolute Gasteiger partial charge is 0.504 e. The summed E-state index contributed by atoms with van der Waals surface area (Å²) in [6.45, 7) is 1.90. The lowest BCUT2D eigenvalue weighted by molar-refractivity contribution is -0.137. The molecule has 5 heteroatoms. The van der Waals surface area contributed by atoms with Crippen LogP contribution in [0.1, 0.15) is 36.3 Å². The van der Waals surface area contributed by atoms with Crippen molar-refractivity contribution in [3.63, 3.8) is 0 Å². The van der Waals surface area contributed by atoms with Crippen molar-refractivity contribution >= 4 is 21.9 Å². The molecular weight excluding hydrogens is 312 g/mol. The fourth-order valence-electron chi connectivity index (χ4n) is 2.46. The Kier molecular flexibility index (Phi) is 4.04. The van der Waals surface area contributed by atoms with Gasteiger partial charge < -0.3 is 14.9 Å². The number of methoxy groups -OCH3 is 1. The Balaban J connectivity index is 2.51. The average Bonchev–Trinajstić information content (AvgIpc) is 3.16. The summed E-state index contributed by atoms with van der Waals surface area (Å²) in [6, 6.07) is 1.74. The highest BCUT2D eigenvalue weighted by Gasteiger charge is 2.37. The van der Waals surface area contributed by atoms with Crippen molar-refractivity contribution in [1.82, 2.24) is 0 Å². The summed E-state index contributed by atoms with van der Waals surface area (Å²) in [6.07, 6.45) is 2.06. The smallest absolute Gasteiger partial charge is 0.303 e. The maximum Gasteiger partial charge on any atom is 0.303 e. The van der Waals surface area contributed by atoms with Gasteiger partial charge in [0.15, 0.2) is 11.5 Å². The number of carboxylic acid groups (broad SMARTS) is 1. The number of rotatable bonds is 5. The van der Waals surface area contributed by atoms with Crippen molar-refractivity contribution in [1.29, 1.82) is 0 Å². The lowest BCUT2D eigenvalue weighted by atomic mass is 9.89. The summed E-state index contributed by atoms with van der Waals surface area (Å²) < 4.78 is 5.94. The molecule has 1 unspecified atom stereocenters. The Morgan fingerprint density at radius 3 is 2.68 bits per heavy atom. The lowest BCUT2D eigenvalue weighted by Crippen LogP contribution is -2.10. The highest BCUT2D eigenvalue weighted by molar-refractivity contribution is 9.10. The SMILES string of the molecule is COc1cc(C)c(Br)c(C(CC(=O)O)C2CC2)c1O. The predicted molar refractivity (Wildman–Crippen MR) is 74.8 cm³/mol. The van der Waals surface area contributed by atoms with Gasteiger partial charge in [-0.15, -0.1) is 0 Å². The predicted octanol–water partition coefficient (Wildman–Crippen LogP) is 3.44. The molecule has 1 aromatic rings. The second kappa shape index (κ2) is 5.41. The van der Waals surface area contributed by atoms with Gasteiger partial charge in [0.2, 0.25) is 0 Å². The van der Waals surface area contributed by atoms with E-state index in [0.717, 1.165) is 22.9 Å². The molecule has 104 valence electrons. The van der Waals surface area contributed by atoms with E-state index in [9.17, 15) is 9.90 Å². The van der Waals surface area contributed by atoms with Crippen LogP contribution < -0.4 is 4.74 Å². The number of ether oxygens (including phenoxy) is 1. The van der Waals surface area contributed by atoms with Gasteiger partial charge in [0.05, 0.1) is 13.5 Å². The first kappa shape index (κ1) is 14.2. The molecular formula is C14H17BrO4. The summed E-state index contributed by atoms with van der Waals surface area (Å²) in [4.78, 5) is 11.0. The number of aromatic hydroxyl groups is 1. The summed E-state index contributed by atoms with van der Waals surface area (Å²) in [7, 11) is 1.50. The molecule has 0 aromatic heterocycles. The molecule has 1 aromatic carbocycles. The monoisotopic (exact) mass is 328 g/mol. The van der Waals surface area contributed by atoms with Crippen molar-refractivity contribution in [2.45, 2.75) is 32.1 Å². The van der Waals surface area contributed by atoms with Crippen molar-refractivity contribution < 1.29 is 19.7 Å². The number of aliphatic carboxylic acids is 1. The Morgan fingerprint density at radius 2 is 2.21 bits per heavy atom. The van der Waals surface area contributed by atoms with E-state index < -0.39 is 5.97 Å². The first-order chi connectivity index (χ1) is 8.95. The molecule has 4 nitrogen and oxygen atoms in total. The minimum absolute atomic E-state index is 0.0312. The third kappa shape index (κ3) is 2.86. The van der Waals surface area contributed by atoms with Crippen LogP contribution >= 0.6 is 15.9 Å². The van der Waals surface area contributed by atoms with E-state index in [1.165, 1.54) is 7.11 Å². The van der Waals surface area contributed by atoms with Crippen LogP contribution in [0.2, 0.25) is 0 Å². The molecule has 1 saturated carbocycles. The van der Waals surface area contributed by atoms with Gasteiger partial charge in [0.25, 0.3) is 0 Å². The number of hydrogen-bond donors (Lipinski definition) is 2. The van der Waals surface area contributed by atoms with Crippen LogP contribution in [0.4, 0.5) is 0 Å². The number of carboxylic acids is 1. The molecule has 0 spiro atoms. The van der Waals surface area contributed by atoms with Crippen molar-refractivity contribution in [2.75, 3.05) is 7.11 Å². The lowest BCUT2D eigenvalue weighted by Gasteiger charge is -2.20. The van der Waals surface area contributed by atoms with E-state index in [2.05, 4.69) is 15.9 Å². The van der Waals surface area contributed by atoms with Crippen molar-refractivity contribution in [3.05, 3.63) is 21.7 Å². The number of phenols is 1. The van der Waals surface area contributed by atoms with Gasteiger partial charge in [0.1, 0.15) is 0 Å².